The number of fused-ring (bicyclic) bond motifs is 1. The van der Waals surface area contributed by atoms with Gasteiger partial charge in [-0.15, -0.1) is 0 Å². The van der Waals surface area contributed by atoms with Crippen LogP contribution in [0.2, 0.25) is 0 Å². The number of nitrogens with one attached hydrogen (secondary N) is 2. The highest BCUT2D eigenvalue weighted by atomic mass is 16.5. The fraction of sp³-hybridized carbons (Fsp3) is 0.0800. The van der Waals surface area contributed by atoms with Crippen molar-refractivity contribution in [3.8, 4) is 17.6 Å². The minimum atomic E-state index is -0.276. The van der Waals surface area contributed by atoms with Crippen LogP contribution in [0.1, 0.15) is 11.4 Å². The lowest BCUT2D eigenvalue weighted by molar-refractivity contribution is -0.118. The normalized spacial score (nSPS) is 11.1. The van der Waals surface area contributed by atoms with Gasteiger partial charge in [-0.3, -0.25) is 4.79 Å². The van der Waals surface area contributed by atoms with E-state index >= 15 is 0 Å². The summed E-state index contributed by atoms with van der Waals surface area (Å²) in [7, 11) is 1.59. The number of hydrogen-bond donors (Lipinski definition) is 2. The topological polar surface area (TPSA) is 100 Å². The standard InChI is InChI=1S/C25H20N4O3/c1-31-20-11-12-21-22(14-20)29-25(28-21)18(15-26)13-17-7-5-6-10-23(17)32-16-24(30)27-19-8-3-2-4-9-19/h2-14H,16H2,1H3,(H,27,30)(H,28,29)/b18-13-. The Hall–Kier alpha value is -4.57. The van der Waals surface area contributed by atoms with E-state index in [1.165, 1.54) is 0 Å². The zero-order valence-electron chi connectivity index (χ0n) is 17.3. The Labute approximate surface area is 184 Å². The van der Waals surface area contributed by atoms with Crippen molar-refractivity contribution in [2.75, 3.05) is 19.0 Å². The zero-order valence-corrected chi connectivity index (χ0v) is 17.3. The van der Waals surface area contributed by atoms with Gasteiger partial charge in [-0.1, -0.05) is 36.4 Å². The first-order chi connectivity index (χ1) is 15.7. The summed E-state index contributed by atoms with van der Waals surface area (Å²) in [6.07, 6.45) is 1.68. The van der Waals surface area contributed by atoms with Gasteiger partial charge in [0.1, 0.15) is 23.4 Å². The lowest BCUT2D eigenvalue weighted by atomic mass is 10.1. The number of amides is 1. The van der Waals surface area contributed by atoms with Gasteiger partial charge >= 0.3 is 0 Å². The molecule has 0 unspecified atom stereocenters. The van der Waals surface area contributed by atoms with Gasteiger partial charge in [-0.05, 0) is 36.4 Å². The molecule has 7 heteroatoms. The number of para-hydroxylation sites is 2. The van der Waals surface area contributed by atoms with Crippen molar-refractivity contribution in [2.24, 2.45) is 0 Å². The Bertz CT molecular complexity index is 1320. The Morgan fingerprint density at radius 3 is 2.69 bits per heavy atom. The molecule has 4 rings (SSSR count). The summed E-state index contributed by atoms with van der Waals surface area (Å²) in [5.41, 5.74) is 3.19. The second kappa shape index (κ2) is 9.49. The van der Waals surface area contributed by atoms with Crippen molar-refractivity contribution >= 4 is 34.3 Å². The summed E-state index contributed by atoms with van der Waals surface area (Å²) in [5.74, 6) is 1.35. The van der Waals surface area contributed by atoms with E-state index in [9.17, 15) is 10.1 Å². The highest BCUT2D eigenvalue weighted by Gasteiger charge is 2.11. The number of aromatic nitrogens is 2. The monoisotopic (exact) mass is 424 g/mol. The number of H-pyrrole nitrogens is 1. The van der Waals surface area contributed by atoms with E-state index in [1.807, 2.05) is 48.5 Å². The predicted molar refractivity (Wildman–Crippen MR) is 123 cm³/mol. The van der Waals surface area contributed by atoms with Crippen LogP contribution in [0.5, 0.6) is 11.5 Å². The Kier molecular flexibility index (Phi) is 6.14. The molecule has 0 saturated heterocycles. The number of imidazole rings is 1. The Morgan fingerprint density at radius 1 is 1.12 bits per heavy atom. The molecule has 0 aliphatic rings. The summed E-state index contributed by atoms with van der Waals surface area (Å²) in [6, 6.07) is 24.0. The van der Waals surface area contributed by atoms with E-state index < -0.39 is 0 Å². The number of carbonyl (C=O) groups excluding carboxylic acids is 1. The van der Waals surface area contributed by atoms with Gasteiger partial charge in [0.15, 0.2) is 6.61 Å². The number of rotatable bonds is 7. The third-order valence-electron chi connectivity index (χ3n) is 4.70. The van der Waals surface area contributed by atoms with Crippen molar-refractivity contribution in [3.05, 3.63) is 84.2 Å². The van der Waals surface area contributed by atoms with E-state index in [2.05, 4.69) is 21.4 Å². The average molecular weight is 424 g/mol. The third-order valence-corrected chi connectivity index (χ3v) is 4.70. The van der Waals surface area contributed by atoms with Gasteiger partial charge in [0.2, 0.25) is 0 Å². The molecular weight excluding hydrogens is 404 g/mol. The fourth-order valence-corrected chi connectivity index (χ4v) is 3.15. The molecule has 1 heterocycles. The summed E-state index contributed by atoms with van der Waals surface area (Å²) < 4.78 is 11.0. The SMILES string of the molecule is COc1ccc2nc(/C(C#N)=C\c3ccccc3OCC(=O)Nc3ccccc3)[nH]c2c1. The van der Waals surface area contributed by atoms with E-state index in [-0.39, 0.29) is 12.5 Å². The van der Waals surface area contributed by atoms with E-state index in [1.54, 1.807) is 37.5 Å². The van der Waals surface area contributed by atoms with E-state index in [0.29, 0.717) is 34.1 Å². The molecule has 2 N–H and O–H groups in total. The first-order valence-electron chi connectivity index (χ1n) is 9.89. The maximum atomic E-state index is 12.2. The average Bonchev–Trinajstić information content (AvgIpc) is 3.25. The maximum Gasteiger partial charge on any atom is 0.262 e. The van der Waals surface area contributed by atoms with Crippen LogP contribution >= 0.6 is 0 Å². The summed E-state index contributed by atoms with van der Waals surface area (Å²) in [4.78, 5) is 19.9. The largest absolute Gasteiger partial charge is 0.497 e. The highest BCUT2D eigenvalue weighted by molar-refractivity contribution is 5.93. The van der Waals surface area contributed by atoms with Crippen molar-refractivity contribution in [3.63, 3.8) is 0 Å². The quantitative estimate of drug-likeness (QED) is 0.421. The molecule has 3 aromatic carbocycles. The zero-order chi connectivity index (χ0) is 22.3. The van der Waals surface area contributed by atoms with Crippen LogP contribution in [0.3, 0.4) is 0 Å². The van der Waals surface area contributed by atoms with Gasteiger partial charge in [0.05, 0.1) is 23.7 Å². The Balaban J connectivity index is 1.54. The summed E-state index contributed by atoms with van der Waals surface area (Å²) >= 11 is 0. The van der Waals surface area contributed by atoms with Crippen LogP contribution in [0.4, 0.5) is 5.69 Å². The molecule has 0 fully saturated rings. The van der Waals surface area contributed by atoms with Crippen LogP contribution in [0, 0.1) is 11.3 Å². The molecule has 0 aliphatic heterocycles. The number of allylic oxidation sites excluding steroid dienone is 1. The van der Waals surface area contributed by atoms with E-state index in [0.717, 1.165) is 11.0 Å². The number of aromatic amines is 1. The summed E-state index contributed by atoms with van der Waals surface area (Å²) in [5, 5.41) is 12.5. The van der Waals surface area contributed by atoms with Crippen molar-refractivity contribution in [1.29, 1.82) is 5.26 Å². The molecule has 158 valence electrons. The number of benzene rings is 3. The van der Waals surface area contributed by atoms with Gasteiger partial charge in [0, 0.05) is 17.3 Å². The molecule has 0 atom stereocenters. The lowest BCUT2D eigenvalue weighted by Crippen LogP contribution is -2.20. The van der Waals surface area contributed by atoms with Crippen LogP contribution in [-0.2, 0) is 4.79 Å². The van der Waals surface area contributed by atoms with Crippen LogP contribution in [0.15, 0.2) is 72.8 Å². The second-order valence-corrected chi connectivity index (χ2v) is 6.88. The molecule has 1 amide bonds. The number of methoxy groups -OCH3 is 1. The molecule has 0 spiro atoms. The molecule has 0 saturated carbocycles. The highest BCUT2D eigenvalue weighted by Crippen LogP contribution is 2.26. The number of hydrogen-bond acceptors (Lipinski definition) is 5. The first kappa shape index (κ1) is 20.7. The van der Waals surface area contributed by atoms with Crippen molar-refractivity contribution < 1.29 is 14.3 Å². The Morgan fingerprint density at radius 2 is 1.91 bits per heavy atom. The van der Waals surface area contributed by atoms with Gasteiger partial charge in [0.25, 0.3) is 5.91 Å². The molecule has 32 heavy (non-hydrogen) atoms. The number of nitrogens with zero attached hydrogens (tertiary/aromatic N) is 2. The molecule has 0 radical (unpaired) electrons. The van der Waals surface area contributed by atoms with Gasteiger partial charge in [-0.25, -0.2) is 4.98 Å². The maximum absolute atomic E-state index is 12.2. The summed E-state index contributed by atoms with van der Waals surface area (Å²) in [6.45, 7) is -0.161. The van der Waals surface area contributed by atoms with Gasteiger partial charge < -0.3 is 19.8 Å². The molecule has 0 bridgehead atoms. The molecule has 0 aliphatic carbocycles. The first-order valence-corrected chi connectivity index (χ1v) is 9.89. The third kappa shape index (κ3) is 4.77. The lowest BCUT2D eigenvalue weighted by Gasteiger charge is -2.10. The van der Waals surface area contributed by atoms with Crippen LogP contribution in [0.25, 0.3) is 22.7 Å². The van der Waals surface area contributed by atoms with Gasteiger partial charge in [-0.2, -0.15) is 5.26 Å². The fourth-order valence-electron chi connectivity index (χ4n) is 3.15. The van der Waals surface area contributed by atoms with E-state index in [4.69, 9.17) is 9.47 Å². The minimum Gasteiger partial charge on any atom is -0.497 e. The number of anilines is 1. The molecular formula is C25H20N4O3. The molecule has 4 aromatic rings. The van der Waals surface area contributed by atoms with Crippen LogP contribution < -0.4 is 14.8 Å². The van der Waals surface area contributed by atoms with Crippen molar-refractivity contribution in [1.82, 2.24) is 9.97 Å². The smallest absolute Gasteiger partial charge is 0.262 e. The minimum absolute atomic E-state index is 0.161. The number of carbonyl (C=O) groups is 1. The number of nitriles is 1. The van der Waals surface area contributed by atoms with Crippen molar-refractivity contribution in [2.45, 2.75) is 0 Å². The second-order valence-electron chi connectivity index (χ2n) is 6.88. The molecule has 7 nitrogen and oxygen atoms in total. The molecule has 1 aromatic heterocycles. The predicted octanol–water partition coefficient (Wildman–Crippen LogP) is 4.65. The number of ether oxygens (including phenoxy) is 2. The van der Waals surface area contributed by atoms with Crippen LogP contribution in [-0.4, -0.2) is 29.6 Å².